The van der Waals surface area contributed by atoms with Crippen LogP contribution in [0.15, 0.2) is 48.5 Å². The van der Waals surface area contributed by atoms with Crippen molar-refractivity contribution in [3.05, 3.63) is 59.8 Å². The molecule has 6 nitrogen and oxygen atoms in total. The number of aromatic nitrogens is 4. The Morgan fingerprint density at radius 1 is 1.15 bits per heavy atom. The summed E-state index contributed by atoms with van der Waals surface area (Å²) in [6, 6.07) is 16.7. The van der Waals surface area contributed by atoms with Crippen LogP contribution in [-0.2, 0) is 6.42 Å². The molecule has 2 aromatic heterocycles. The summed E-state index contributed by atoms with van der Waals surface area (Å²) in [5.74, 6) is 0. The Morgan fingerprint density at radius 3 is 2.85 bits per heavy atom. The first-order chi connectivity index (χ1) is 13.2. The van der Waals surface area contributed by atoms with Crippen LogP contribution < -0.4 is 11.1 Å². The zero-order valence-corrected chi connectivity index (χ0v) is 16.0. The van der Waals surface area contributed by atoms with E-state index in [1.165, 1.54) is 16.9 Å². The number of rotatable bonds is 7. The highest BCUT2D eigenvalue weighted by molar-refractivity contribution is 7.18. The molecule has 0 aliphatic heterocycles. The Bertz CT molecular complexity index is 1020. The molecule has 0 bridgehead atoms. The van der Waals surface area contributed by atoms with E-state index in [1.807, 2.05) is 25.1 Å². The van der Waals surface area contributed by atoms with E-state index in [4.69, 9.17) is 5.73 Å². The van der Waals surface area contributed by atoms with Gasteiger partial charge in [0, 0.05) is 23.5 Å². The predicted molar refractivity (Wildman–Crippen MR) is 111 cm³/mol. The number of nitrogens with one attached hydrogen (secondary N) is 2. The zero-order chi connectivity index (χ0) is 18.6. The van der Waals surface area contributed by atoms with Crippen LogP contribution >= 0.6 is 11.3 Å². The molecular weight excluding hydrogens is 356 g/mol. The van der Waals surface area contributed by atoms with E-state index in [1.54, 1.807) is 0 Å². The molecule has 4 aromatic rings. The van der Waals surface area contributed by atoms with Gasteiger partial charge < -0.3 is 11.1 Å². The molecular formula is C20H22N6S. The summed E-state index contributed by atoms with van der Waals surface area (Å²) in [7, 11) is 0. The lowest BCUT2D eigenvalue weighted by atomic mass is 10.1. The van der Waals surface area contributed by atoms with Gasteiger partial charge in [-0.05, 0) is 43.5 Å². The molecule has 27 heavy (non-hydrogen) atoms. The maximum Gasteiger partial charge on any atom is 0.206 e. The summed E-state index contributed by atoms with van der Waals surface area (Å²) in [5.41, 5.74) is 10.6. The summed E-state index contributed by atoms with van der Waals surface area (Å²) < 4.78 is 0. The normalized spacial score (nSPS) is 12.4. The average molecular weight is 379 g/mol. The molecule has 1 atom stereocenters. The lowest BCUT2D eigenvalue weighted by Gasteiger charge is -2.11. The third-order valence-corrected chi connectivity index (χ3v) is 5.52. The summed E-state index contributed by atoms with van der Waals surface area (Å²) in [6.07, 6.45) is 1.91. The van der Waals surface area contributed by atoms with Crippen molar-refractivity contribution < 1.29 is 0 Å². The van der Waals surface area contributed by atoms with Crippen LogP contribution in [0.3, 0.4) is 0 Å². The van der Waals surface area contributed by atoms with Crippen molar-refractivity contribution in [2.24, 2.45) is 5.73 Å². The third kappa shape index (κ3) is 4.15. The van der Waals surface area contributed by atoms with E-state index >= 15 is 0 Å². The molecule has 0 aliphatic carbocycles. The Kier molecular flexibility index (Phi) is 5.13. The van der Waals surface area contributed by atoms with E-state index < -0.39 is 0 Å². The van der Waals surface area contributed by atoms with Crippen molar-refractivity contribution in [3.8, 4) is 10.6 Å². The Labute approximate surface area is 161 Å². The molecule has 0 saturated heterocycles. The molecule has 7 heteroatoms. The number of H-pyrrole nitrogens is 1. The largest absolute Gasteiger partial charge is 0.359 e. The second-order valence-corrected chi connectivity index (χ2v) is 7.62. The van der Waals surface area contributed by atoms with Crippen molar-refractivity contribution in [1.29, 1.82) is 0 Å². The van der Waals surface area contributed by atoms with Crippen LogP contribution in [0.5, 0.6) is 0 Å². The van der Waals surface area contributed by atoms with Gasteiger partial charge in [-0.25, -0.2) is 0 Å². The van der Waals surface area contributed by atoms with Crippen LogP contribution in [0, 0.1) is 6.92 Å². The SMILES string of the molecule is Cc1n[nH]c2ccc(-c3nnc(NC[C@@H](N)CCc4ccccc4)s3)cc12. The maximum atomic E-state index is 6.24. The molecule has 0 fully saturated rings. The molecule has 0 radical (unpaired) electrons. The summed E-state index contributed by atoms with van der Waals surface area (Å²) in [6.45, 7) is 2.67. The van der Waals surface area contributed by atoms with E-state index in [2.05, 4.69) is 56.0 Å². The first kappa shape index (κ1) is 17.6. The number of aryl methyl sites for hydroxylation is 2. The Hall–Kier alpha value is -2.77. The summed E-state index contributed by atoms with van der Waals surface area (Å²) in [4.78, 5) is 0. The van der Waals surface area contributed by atoms with E-state index in [0.717, 1.165) is 45.1 Å². The van der Waals surface area contributed by atoms with Crippen LogP contribution in [0.4, 0.5) is 5.13 Å². The van der Waals surface area contributed by atoms with Gasteiger partial charge in [0.25, 0.3) is 0 Å². The number of benzene rings is 2. The molecule has 0 spiro atoms. The highest BCUT2D eigenvalue weighted by Gasteiger charge is 2.10. The monoisotopic (exact) mass is 378 g/mol. The fraction of sp³-hybridized carbons (Fsp3) is 0.250. The lowest BCUT2D eigenvalue weighted by Crippen LogP contribution is -2.29. The van der Waals surface area contributed by atoms with E-state index in [-0.39, 0.29) is 6.04 Å². The fourth-order valence-corrected chi connectivity index (χ4v) is 3.75. The number of nitrogens with zero attached hydrogens (tertiary/aromatic N) is 3. The van der Waals surface area contributed by atoms with Crippen LogP contribution in [0.25, 0.3) is 21.5 Å². The van der Waals surface area contributed by atoms with Crippen molar-refractivity contribution in [2.45, 2.75) is 25.8 Å². The fourth-order valence-electron chi connectivity index (χ4n) is 3.01. The molecule has 0 amide bonds. The molecule has 2 heterocycles. The predicted octanol–water partition coefficient (Wildman–Crippen LogP) is 3.76. The minimum atomic E-state index is 0.0717. The van der Waals surface area contributed by atoms with Crippen LogP contribution in [-0.4, -0.2) is 33.0 Å². The minimum Gasteiger partial charge on any atom is -0.359 e. The van der Waals surface area contributed by atoms with Gasteiger partial charge >= 0.3 is 0 Å². The van der Waals surface area contributed by atoms with Crippen molar-refractivity contribution >= 4 is 27.4 Å². The molecule has 0 saturated carbocycles. The smallest absolute Gasteiger partial charge is 0.206 e. The molecule has 138 valence electrons. The second kappa shape index (κ2) is 7.85. The maximum absolute atomic E-state index is 6.24. The second-order valence-electron chi connectivity index (χ2n) is 6.65. The number of nitrogens with two attached hydrogens (primary N) is 1. The lowest BCUT2D eigenvalue weighted by molar-refractivity contribution is 0.638. The van der Waals surface area contributed by atoms with E-state index in [0.29, 0.717) is 6.54 Å². The van der Waals surface area contributed by atoms with Gasteiger partial charge in [0.2, 0.25) is 5.13 Å². The van der Waals surface area contributed by atoms with Gasteiger partial charge in [-0.1, -0.05) is 41.7 Å². The quantitative estimate of drug-likeness (QED) is 0.455. The number of fused-ring (bicyclic) bond motifs is 1. The Morgan fingerprint density at radius 2 is 2.00 bits per heavy atom. The zero-order valence-electron chi connectivity index (χ0n) is 15.1. The highest BCUT2D eigenvalue weighted by Crippen LogP contribution is 2.29. The first-order valence-electron chi connectivity index (χ1n) is 9.01. The molecule has 0 aliphatic rings. The number of hydrogen-bond acceptors (Lipinski definition) is 6. The standard InChI is InChI=1S/C20H22N6S/c1-13-17-11-15(8-10-18(17)24-23-13)19-25-26-20(27-19)22-12-16(21)9-7-14-5-3-2-4-6-14/h2-6,8,10-11,16H,7,9,12,21H2,1H3,(H,22,26)(H,23,24)/t16-/m0/s1. The third-order valence-electron chi connectivity index (χ3n) is 4.59. The number of anilines is 1. The van der Waals surface area contributed by atoms with Crippen LogP contribution in [0.1, 0.15) is 17.7 Å². The van der Waals surface area contributed by atoms with Crippen molar-refractivity contribution in [2.75, 3.05) is 11.9 Å². The van der Waals surface area contributed by atoms with E-state index in [9.17, 15) is 0 Å². The topological polar surface area (TPSA) is 92.5 Å². The van der Waals surface area contributed by atoms with Gasteiger partial charge in [-0.2, -0.15) is 5.10 Å². The Balaban J connectivity index is 1.35. The van der Waals surface area contributed by atoms with Crippen molar-refractivity contribution in [1.82, 2.24) is 20.4 Å². The summed E-state index contributed by atoms with van der Waals surface area (Å²) in [5, 5.41) is 21.9. The average Bonchev–Trinajstić information content (AvgIpc) is 3.32. The van der Waals surface area contributed by atoms with Gasteiger partial charge in [-0.3, -0.25) is 5.10 Å². The van der Waals surface area contributed by atoms with Crippen LogP contribution in [0.2, 0.25) is 0 Å². The van der Waals surface area contributed by atoms with Gasteiger partial charge in [-0.15, -0.1) is 10.2 Å². The number of aromatic amines is 1. The van der Waals surface area contributed by atoms with Gasteiger partial charge in [0.1, 0.15) is 5.01 Å². The van der Waals surface area contributed by atoms with Crippen molar-refractivity contribution in [3.63, 3.8) is 0 Å². The molecule has 2 aromatic carbocycles. The first-order valence-corrected chi connectivity index (χ1v) is 9.82. The highest BCUT2D eigenvalue weighted by atomic mass is 32.1. The molecule has 4 N–H and O–H groups in total. The molecule has 0 unspecified atom stereocenters. The minimum absolute atomic E-state index is 0.0717. The molecule has 4 rings (SSSR count). The van der Waals surface area contributed by atoms with Gasteiger partial charge in [0.15, 0.2) is 0 Å². The summed E-state index contributed by atoms with van der Waals surface area (Å²) >= 11 is 1.54. The van der Waals surface area contributed by atoms with Gasteiger partial charge in [0.05, 0.1) is 11.2 Å². The number of hydrogen-bond donors (Lipinski definition) is 3.